The standard InChI is InChI=1S/C30H65N6O2P2S/c1-20(2)32(21(3)4)39(18,33(22(5)6)23(7)8)36-28(30(37)38-17)19-29(31-36)40(41,34(24(9)10)25(11)12)35(26(13)14)27(15)16/h20-28H,19H2,1-18H3/q+1. The van der Waals surface area contributed by atoms with Crippen LogP contribution in [0.1, 0.15) is 117 Å². The summed E-state index contributed by atoms with van der Waals surface area (Å²) in [6.45, 7) is 38.3. The molecule has 0 spiro atoms. The molecular weight excluding hydrogens is 570 g/mol. The minimum Gasteiger partial charge on any atom is -0.467 e. The topological polar surface area (TPSA) is 54.9 Å². The molecule has 1 aliphatic rings. The summed E-state index contributed by atoms with van der Waals surface area (Å²) in [5.74, 6) is -0.238. The number of ether oxygens (including phenoxy) is 1. The van der Waals surface area contributed by atoms with Crippen LogP contribution in [0.3, 0.4) is 0 Å². The summed E-state index contributed by atoms with van der Waals surface area (Å²) in [6.07, 6.45) is -2.09. The predicted molar refractivity (Wildman–Crippen MR) is 185 cm³/mol. The van der Waals surface area contributed by atoms with Crippen LogP contribution in [0, 0.1) is 0 Å². The van der Waals surface area contributed by atoms with E-state index in [2.05, 4.69) is 141 Å². The smallest absolute Gasteiger partial charge is 0.334 e. The zero-order valence-electron chi connectivity index (χ0n) is 29.7. The van der Waals surface area contributed by atoms with Crippen molar-refractivity contribution < 1.29 is 9.53 Å². The summed E-state index contributed by atoms with van der Waals surface area (Å²) in [6, 6.07) is 1.36. The van der Waals surface area contributed by atoms with E-state index in [0.29, 0.717) is 6.42 Å². The van der Waals surface area contributed by atoms with E-state index in [1.165, 1.54) is 7.11 Å². The molecule has 0 aromatic carbocycles. The lowest BCUT2D eigenvalue weighted by atomic mass is 10.2. The van der Waals surface area contributed by atoms with Crippen molar-refractivity contribution in [3.8, 4) is 0 Å². The van der Waals surface area contributed by atoms with Crippen molar-refractivity contribution in [1.29, 1.82) is 0 Å². The highest BCUT2D eigenvalue weighted by molar-refractivity contribution is 8.20. The van der Waals surface area contributed by atoms with Crippen molar-refractivity contribution in [1.82, 2.24) is 23.5 Å². The first-order valence-corrected chi connectivity index (χ1v) is 20.5. The normalized spacial score (nSPS) is 17.7. The first-order valence-electron chi connectivity index (χ1n) is 15.7. The van der Waals surface area contributed by atoms with Gasteiger partial charge in [0.25, 0.3) is 7.71 Å². The second-order valence-corrected chi connectivity index (χ2v) is 20.9. The largest absolute Gasteiger partial charge is 0.467 e. The molecule has 242 valence electrons. The molecule has 1 aliphatic heterocycles. The lowest BCUT2D eigenvalue weighted by Crippen LogP contribution is -2.54. The third-order valence-electron chi connectivity index (χ3n) is 7.80. The minimum absolute atomic E-state index is 0.223. The number of hydrazone groups is 1. The molecule has 1 atom stereocenters. The lowest BCUT2D eigenvalue weighted by molar-refractivity contribution is -0.144. The van der Waals surface area contributed by atoms with Gasteiger partial charge in [-0.1, -0.05) is 11.8 Å². The molecule has 0 saturated carbocycles. The molecular formula is C30H65N6O2P2S+. The molecule has 41 heavy (non-hydrogen) atoms. The van der Waals surface area contributed by atoms with Crippen molar-refractivity contribution in [3.63, 3.8) is 0 Å². The molecule has 0 N–H and O–H groups in total. The fraction of sp³-hybridized carbons (Fsp3) is 0.933. The Labute approximate surface area is 260 Å². The minimum atomic E-state index is -2.58. The predicted octanol–water partition coefficient (Wildman–Crippen LogP) is 7.72. The van der Waals surface area contributed by atoms with Crippen LogP contribution in [-0.2, 0) is 21.3 Å². The first-order chi connectivity index (χ1) is 18.6. The van der Waals surface area contributed by atoms with E-state index in [4.69, 9.17) is 21.6 Å². The Balaban J connectivity index is 4.31. The van der Waals surface area contributed by atoms with Gasteiger partial charge in [-0.3, -0.25) is 9.34 Å². The highest BCUT2D eigenvalue weighted by Gasteiger charge is 2.63. The molecule has 0 aliphatic carbocycles. The van der Waals surface area contributed by atoms with Crippen LogP contribution >= 0.6 is 14.1 Å². The molecule has 0 aromatic heterocycles. The lowest BCUT2D eigenvalue weighted by Gasteiger charge is -2.50. The number of methoxy groups -OCH3 is 1. The van der Waals surface area contributed by atoms with Gasteiger partial charge in [-0.15, -0.1) is 19.2 Å². The van der Waals surface area contributed by atoms with Gasteiger partial charge in [0.1, 0.15) is 18.5 Å². The summed E-state index contributed by atoms with van der Waals surface area (Å²) in [5, 5.41) is 5.60. The monoisotopic (exact) mass is 635 g/mol. The quantitative estimate of drug-likeness (QED) is 0.134. The van der Waals surface area contributed by atoms with Gasteiger partial charge in [0.05, 0.1) is 7.11 Å². The van der Waals surface area contributed by atoms with E-state index in [1.54, 1.807) is 0 Å². The van der Waals surface area contributed by atoms with Gasteiger partial charge in [-0.25, -0.2) is 4.79 Å². The van der Waals surface area contributed by atoms with Crippen LogP contribution in [0.25, 0.3) is 0 Å². The van der Waals surface area contributed by atoms with Crippen LogP contribution < -0.4 is 0 Å². The van der Waals surface area contributed by atoms with Crippen LogP contribution in [0.15, 0.2) is 5.10 Å². The van der Waals surface area contributed by atoms with E-state index in [1.807, 2.05) is 0 Å². The summed E-state index contributed by atoms with van der Waals surface area (Å²) in [5.41, 5.74) is 0.971. The van der Waals surface area contributed by atoms with Crippen LogP contribution in [0.2, 0.25) is 0 Å². The van der Waals surface area contributed by atoms with Gasteiger partial charge in [-0.05, 0) is 111 Å². The average molecular weight is 636 g/mol. The molecule has 0 aromatic rings. The second-order valence-electron chi connectivity index (χ2n) is 13.8. The number of hydrogen-bond acceptors (Lipinski definition) is 7. The van der Waals surface area contributed by atoms with Crippen molar-refractivity contribution in [2.24, 2.45) is 5.10 Å². The fourth-order valence-electron chi connectivity index (χ4n) is 7.43. The molecule has 1 unspecified atom stereocenters. The zero-order chi connectivity index (χ0) is 32.4. The molecule has 0 amide bonds. The maximum Gasteiger partial charge on any atom is 0.334 e. The van der Waals surface area contributed by atoms with Gasteiger partial charge < -0.3 is 4.74 Å². The molecule has 11 heteroatoms. The van der Waals surface area contributed by atoms with Gasteiger partial charge in [-0.2, -0.15) is 0 Å². The van der Waals surface area contributed by atoms with Crippen LogP contribution in [0.5, 0.6) is 0 Å². The van der Waals surface area contributed by atoms with Gasteiger partial charge >= 0.3 is 5.97 Å². The van der Waals surface area contributed by atoms with Crippen LogP contribution in [-0.4, -0.2) is 103 Å². The SMILES string of the molecule is COC(=O)C1CC(P(=S)(N(C(C)C)C(C)C)N(C(C)C)C(C)C)=NN1[P+](C)(N(C(C)C)C(C)C)N(C(C)C)C(C)C. The Bertz CT molecular complexity index is 862. The number of nitrogens with zero attached hydrogens (tertiary/aromatic N) is 6. The van der Waals surface area contributed by atoms with Crippen molar-refractivity contribution in [2.75, 3.05) is 13.8 Å². The molecule has 0 bridgehead atoms. The summed E-state index contributed by atoms with van der Waals surface area (Å²) in [7, 11) is -0.902. The van der Waals surface area contributed by atoms with Crippen molar-refractivity contribution in [3.05, 3.63) is 0 Å². The van der Waals surface area contributed by atoms with Gasteiger partial charge in [0, 0.05) is 54.8 Å². The van der Waals surface area contributed by atoms with E-state index < -0.39 is 20.1 Å². The molecule has 0 radical (unpaired) electrons. The van der Waals surface area contributed by atoms with Crippen molar-refractivity contribution in [2.45, 2.75) is 172 Å². The zero-order valence-corrected chi connectivity index (χ0v) is 32.3. The molecule has 1 heterocycles. The highest BCUT2D eigenvalue weighted by Crippen LogP contribution is 2.72. The number of esters is 1. The summed E-state index contributed by atoms with van der Waals surface area (Å²) < 4.78 is 17.9. The van der Waals surface area contributed by atoms with Crippen LogP contribution in [0.4, 0.5) is 0 Å². The summed E-state index contributed by atoms with van der Waals surface area (Å²) in [4.78, 5) is 13.7. The Morgan fingerprint density at radius 1 is 0.756 bits per heavy atom. The third kappa shape index (κ3) is 7.75. The van der Waals surface area contributed by atoms with Gasteiger partial charge in [0.2, 0.25) is 0 Å². The fourth-order valence-corrected chi connectivity index (χ4v) is 19.1. The Kier molecular flexibility index (Phi) is 14.4. The van der Waals surface area contributed by atoms with Gasteiger partial charge in [0.15, 0.2) is 6.04 Å². The Morgan fingerprint density at radius 2 is 1.07 bits per heavy atom. The highest BCUT2D eigenvalue weighted by atomic mass is 32.4. The number of carbonyl (C=O) groups is 1. The van der Waals surface area contributed by atoms with E-state index in [0.717, 1.165) is 5.45 Å². The maximum absolute atomic E-state index is 13.7. The molecule has 0 saturated heterocycles. The third-order valence-corrected chi connectivity index (χ3v) is 18.4. The van der Waals surface area contributed by atoms with E-state index >= 15 is 0 Å². The molecule has 0 fully saturated rings. The molecule has 1 rings (SSSR count). The Hall–Kier alpha value is -0.140. The summed E-state index contributed by atoms with van der Waals surface area (Å²) >= 11 is 6.94. The number of rotatable bonds is 15. The number of hydrogen-bond donors (Lipinski definition) is 0. The average Bonchev–Trinajstić information content (AvgIpc) is 3.23. The second kappa shape index (κ2) is 15.2. The van der Waals surface area contributed by atoms with E-state index in [9.17, 15) is 4.79 Å². The number of carbonyl (C=O) groups excluding carboxylic acids is 1. The van der Waals surface area contributed by atoms with Crippen molar-refractivity contribution >= 4 is 37.3 Å². The maximum atomic E-state index is 13.7. The first kappa shape index (κ1) is 38.9. The Morgan fingerprint density at radius 3 is 1.32 bits per heavy atom. The molecule has 8 nitrogen and oxygen atoms in total. The van der Waals surface area contributed by atoms with E-state index in [-0.39, 0.29) is 54.3 Å².